The van der Waals surface area contributed by atoms with Gasteiger partial charge in [0.05, 0.1) is 5.56 Å². The van der Waals surface area contributed by atoms with Crippen molar-refractivity contribution in [1.29, 1.82) is 0 Å². The van der Waals surface area contributed by atoms with Crippen LogP contribution in [0.15, 0.2) is 41.0 Å². The molecule has 2 N–H and O–H groups in total. The Labute approximate surface area is 145 Å². The molecular formula is C18H23F3N4. The number of nitrogens with zero attached hydrogens (tertiary/aromatic N) is 3. The molecule has 4 nitrogen and oxygen atoms in total. The minimum Gasteiger partial charge on any atom is -0.355 e. The van der Waals surface area contributed by atoms with Crippen molar-refractivity contribution in [3.8, 4) is 0 Å². The molecule has 1 aromatic carbocycles. The molecule has 1 saturated heterocycles. The molecule has 0 aromatic heterocycles. The van der Waals surface area contributed by atoms with Crippen LogP contribution in [-0.4, -0.2) is 36.5 Å². The van der Waals surface area contributed by atoms with E-state index in [2.05, 4.69) is 16.8 Å². The molecule has 0 aliphatic carbocycles. The number of nitrogens with two attached hydrogens (primary N) is 1. The summed E-state index contributed by atoms with van der Waals surface area (Å²) in [5, 5.41) is 0. The van der Waals surface area contributed by atoms with Gasteiger partial charge in [0, 0.05) is 30.5 Å². The third-order valence-electron chi connectivity index (χ3n) is 4.56. The zero-order valence-corrected chi connectivity index (χ0v) is 14.3. The van der Waals surface area contributed by atoms with E-state index in [1.807, 2.05) is 11.0 Å². The highest BCUT2D eigenvalue weighted by atomic mass is 19.4. The van der Waals surface area contributed by atoms with Gasteiger partial charge in [-0.2, -0.15) is 13.2 Å². The Morgan fingerprint density at radius 2 is 2.12 bits per heavy atom. The number of alkyl halides is 3. The maximum absolute atomic E-state index is 13.0. The Morgan fingerprint density at radius 3 is 2.76 bits per heavy atom. The lowest BCUT2D eigenvalue weighted by atomic mass is 10.1. The van der Waals surface area contributed by atoms with Crippen LogP contribution < -0.4 is 10.6 Å². The molecule has 7 heteroatoms. The van der Waals surface area contributed by atoms with Crippen LogP contribution in [-0.2, 0) is 6.18 Å². The van der Waals surface area contributed by atoms with Gasteiger partial charge in [0.15, 0.2) is 0 Å². The van der Waals surface area contributed by atoms with Crippen LogP contribution >= 0.6 is 0 Å². The van der Waals surface area contributed by atoms with Crippen LogP contribution in [0.2, 0.25) is 0 Å². The van der Waals surface area contributed by atoms with Crippen molar-refractivity contribution in [2.75, 3.05) is 24.7 Å². The first-order chi connectivity index (χ1) is 11.9. The molecule has 1 aromatic rings. The number of likely N-dealkylation sites (tertiary alicyclic amines) is 1. The van der Waals surface area contributed by atoms with Gasteiger partial charge in [0.1, 0.15) is 12.5 Å². The molecule has 0 amide bonds. The number of hydrogen-bond donors (Lipinski definition) is 1. The third kappa shape index (κ3) is 3.98. The van der Waals surface area contributed by atoms with Crippen LogP contribution in [0.4, 0.5) is 18.9 Å². The van der Waals surface area contributed by atoms with E-state index in [9.17, 15) is 13.2 Å². The summed E-state index contributed by atoms with van der Waals surface area (Å²) in [6, 6.07) is 5.59. The van der Waals surface area contributed by atoms with E-state index in [1.165, 1.54) is 12.1 Å². The maximum Gasteiger partial charge on any atom is 0.416 e. The average molecular weight is 352 g/mol. The summed E-state index contributed by atoms with van der Waals surface area (Å²) in [5.41, 5.74) is 6.85. The van der Waals surface area contributed by atoms with Crippen molar-refractivity contribution >= 4 is 11.5 Å². The Balaban J connectivity index is 1.86. The number of allylic oxidation sites excluding steroid dienone is 1. The standard InChI is InChI=1S/C18H23F3N4/c1-2-4-15-10-17(24-8-7-14(22)11-24)23-12-25(15)16-6-3-5-13(9-16)18(19,20)21/h3,5-6,9-10,14H,2,4,7-8,11-12,22H2,1H3/t14-/m0/s1. The smallest absolute Gasteiger partial charge is 0.355 e. The van der Waals surface area contributed by atoms with Crippen molar-refractivity contribution in [1.82, 2.24) is 4.90 Å². The topological polar surface area (TPSA) is 44.9 Å². The van der Waals surface area contributed by atoms with Crippen LogP contribution in [0, 0.1) is 0 Å². The molecule has 3 rings (SSSR count). The summed E-state index contributed by atoms with van der Waals surface area (Å²) >= 11 is 0. The summed E-state index contributed by atoms with van der Waals surface area (Å²) < 4.78 is 39.0. The molecule has 2 heterocycles. The lowest BCUT2D eigenvalue weighted by molar-refractivity contribution is -0.137. The van der Waals surface area contributed by atoms with Gasteiger partial charge in [-0.1, -0.05) is 19.4 Å². The predicted octanol–water partition coefficient (Wildman–Crippen LogP) is 3.60. The molecule has 136 valence electrons. The summed E-state index contributed by atoms with van der Waals surface area (Å²) in [4.78, 5) is 8.60. The number of benzene rings is 1. The summed E-state index contributed by atoms with van der Waals surface area (Å²) in [6.07, 6.45) is 0.280. The predicted molar refractivity (Wildman–Crippen MR) is 93.4 cm³/mol. The Kier molecular flexibility index (Phi) is 5.03. The Bertz CT molecular complexity index is 681. The number of rotatable bonds is 3. The van der Waals surface area contributed by atoms with E-state index >= 15 is 0 Å². The van der Waals surface area contributed by atoms with Crippen molar-refractivity contribution < 1.29 is 13.2 Å². The fourth-order valence-corrected chi connectivity index (χ4v) is 3.25. The van der Waals surface area contributed by atoms with E-state index < -0.39 is 11.7 Å². The van der Waals surface area contributed by atoms with Crippen LogP contribution in [0.3, 0.4) is 0 Å². The second kappa shape index (κ2) is 7.07. The number of anilines is 1. The monoisotopic (exact) mass is 352 g/mol. The van der Waals surface area contributed by atoms with Gasteiger partial charge in [-0.05, 0) is 37.1 Å². The second-order valence-electron chi connectivity index (χ2n) is 6.51. The lowest BCUT2D eigenvalue weighted by Crippen LogP contribution is -2.36. The van der Waals surface area contributed by atoms with E-state index in [0.29, 0.717) is 12.4 Å². The molecule has 2 aliphatic heterocycles. The highest BCUT2D eigenvalue weighted by molar-refractivity contribution is 5.95. The fourth-order valence-electron chi connectivity index (χ4n) is 3.25. The maximum atomic E-state index is 13.0. The molecule has 2 aliphatic rings. The van der Waals surface area contributed by atoms with Gasteiger partial charge in [0.25, 0.3) is 0 Å². The van der Waals surface area contributed by atoms with Crippen LogP contribution in [0.5, 0.6) is 0 Å². The minimum absolute atomic E-state index is 0.159. The molecule has 0 bridgehead atoms. The van der Waals surface area contributed by atoms with Gasteiger partial charge in [-0.25, -0.2) is 4.99 Å². The highest BCUT2D eigenvalue weighted by Gasteiger charge is 2.31. The zero-order valence-electron chi connectivity index (χ0n) is 14.3. The van der Waals surface area contributed by atoms with Gasteiger partial charge < -0.3 is 15.5 Å². The van der Waals surface area contributed by atoms with E-state index in [1.54, 1.807) is 6.07 Å². The molecule has 0 radical (unpaired) electrons. The van der Waals surface area contributed by atoms with Crippen molar-refractivity contribution in [3.63, 3.8) is 0 Å². The first kappa shape index (κ1) is 17.8. The fraction of sp³-hybridized carbons (Fsp3) is 0.500. The number of amidine groups is 1. The molecule has 1 fully saturated rings. The molecular weight excluding hydrogens is 329 g/mol. The summed E-state index contributed by atoms with van der Waals surface area (Å²) in [6.45, 7) is 4.04. The minimum atomic E-state index is -4.35. The van der Waals surface area contributed by atoms with Crippen LogP contribution in [0.1, 0.15) is 31.7 Å². The molecule has 25 heavy (non-hydrogen) atoms. The van der Waals surface area contributed by atoms with Gasteiger partial charge in [0.2, 0.25) is 0 Å². The normalized spacial score (nSPS) is 21.4. The third-order valence-corrected chi connectivity index (χ3v) is 4.56. The second-order valence-corrected chi connectivity index (χ2v) is 6.51. The first-order valence-corrected chi connectivity index (χ1v) is 8.59. The summed E-state index contributed by atoms with van der Waals surface area (Å²) in [5.74, 6) is 0.889. The highest BCUT2D eigenvalue weighted by Crippen LogP contribution is 2.33. The molecule has 0 unspecified atom stereocenters. The first-order valence-electron chi connectivity index (χ1n) is 8.59. The van der Waals surface area contributed by atoms with E-state index in [-0.39, 0.29) is 6.04 Å². The Morgan fingerprint density at radius 1 is 1.32 bits per heavy atom. The van der Waals surface area contributed by atoms with Crippen molar-refractivity contribution in [2.24, 2.45) is 10.7 Å². The van der Waals surface area contributed by atoms with Crippen LogP contribution in [0.25, 0.3) is 0 Å². The molecule has 0 spiro atoms. The zero-order chi connectivity index (χ0) is 18.0. The van der Waals surface area contributed by atoms with Crippen molar-refractivity contribution in [2.45, 2.75) is 38.4 Å². The lowest BCUT2D eigenvalue weighted by Gasteiger charge is -2.32. The van der Waals surface area contributed by atoms with Gasteiger partial charge in [-0.15, -0.1) is 0 Å². The average Bonchev–Trinajstić information content (AvgIpc) is 3.01. The summed E-state index contributed by atoms with van der Waals surface area (Å²) in [7, 11) is 0. The van der Waals surface area contributed by atoms with Crippen molar-refractivity contribution in [3.05, 3.63) is 41.6 Å². The SMILES string of the molecule is CCCC1=CC(N2CC[C@H](N)C2)=NCN1c1cccc(C(F)(F)F)c1. The number of hydrogen-bond acceptors (Lipinski definition) is 4. The Hall–Kier alpha value is -2.02. The van der Waals surface area contributed by atoms with E-state index in [0.717, 1.165) is 50.0 Å². The van der Waals surface area contributed by atoms with Gasteiger partial charge in [-0.3, -0.25) is 0 Å². The van der Waals surface area contributed by atoms with Gasteiger partial charge >= 0.3 is 6.18 Å². The molecule has 1 atom stereocenters. The number of aliphatic imine (C=N–C) groups is 1. The molecule has 0 saturated carbocycles. The largest absolute Gasteiger partial charge is 0.416 e. The van der Waals surface area contributed by atoms with E-state index in [4.69, 9.17) is 5.73 Å². The quantitative estimate of drug-likeness (QED) is 0.904. The number of halogens is 3.